The largest absolute Gasteiger partial charge is 0.368 e. The number of nitrogens with zero attached hydrogens (tertiary/aromatic N) is 1. The molecule has 16 heavy (non-hydrogen) atoms. The number of rotatable bonds is 3. The van der Waals surface area contributed by atoms with Gasteiger partial charge in [0, 0.05) is 11.5 Å². The third-order valence-electron chi connectivity index (χ3n) is 2.09. The van der Waals surface area contributed by atoms with Gasteiger partial charge in [0.15, 0.2) is 0 Å². The normalized spacial score (nSPS) is 9.94. The number of halogens is 1. The first kappa shape index (κ1) is 12.7. The predicted molar refractivity (Wildman–Crippen MR) is 65.0 cm³/mol. The summed E-state index contributed by atoms with van der Waals surface area (Å²) in [5, 5.41) is 0. The number of hydrogen-bond acceptors (Lipinski definition) is 2. The number of benzene rings is 1. The summed E-state index contributed by atoms with van der Waals surface area (Å²) in [6.07, 6.45) is 0. The lowest BCUT2D eigenvalue weighted by Crippen LogP contribution is -2.35. The molecule has 0 bridgehead atoms. The molecule has 4 nitrogen and oxygen atoms in total. The molecular formula is C11H13BrN2O2. The summed E-state index contributed by atoms with van der Waals surface area (Å²) in [4.78, 5) is 23.9. The van der Waals surface area contributed by atoms with Crippen LogP contribution in [-0.2, 0) is 4.79 Å². The van der Waals surface area contributed by atoms with E-state index in [9.17, 15) is 9.59 Å². The fourth-order valence-electron chi connectivity index (χ4n) is 1.31. The Bertz CT molecular complexity index is 432. The van der Waals surface area contributed by atoms with Gasteiger partial charge in [0.25, 0.3) is 5.91 Å². The van der Waals surface area contributed by atoms with E-state index in [0.717, 1.165) is 5.56 Å². The van der Waals surface area contributed by atoms with Crippen molar-refractivity contribution in [3.63, 3.8) is 0 Å². The van der Waals surface area contributed by atoms with Gasteiger partial charge in [0.1, 0.15) is 0 Å². The fraction of sp³-hybridized carbons (Fsp3) is 0.273. The molecule has 0 radical (unpaired) electrons. The van der Waals surface area contributed by atoms with Crippen molar-refractivity contribution in [3.8, 4) is 0 Å². The number of likely N-dealkylation sites (N-methyl/N-ethyl adjacent to an activating group) is 1. The molecule has 2 N–H and O–H groups in total. The van der Waals surface area contributed by atoms with E-state index in [2.05, 4.69) is 15.9 Å². The average molecular weight is 285 g/mol. The van der Waals surface area contributed by atoms with E-state index in [1.165, 1.54) is 4.90 Å². The molecule has 0 aromatic heterocycles. The quantitative estimate of drug-likeness (QED) is 0.910. The minimum Gasteiger partial charge on any atom is -0.368 e. The Hall–Kier alpha value is -1.36. The maximum Gasteiger partial charge on any atom is 0.255 e. The second kappa shape index (κ2) is 5.12. The first-order valence-corrected chi connectivity index (χ1v) is 5.51. The molecule has 0 saturated heterocycles. The summed E-state index contributed by atoms with van der Waals surface area (Å²) in [7, 11) is 1.54. The van der Waals surface area contributed by atoms with Crippen LogP contribution in [0.25, 0.3) is 0 Å². The number of hydrogen-bond donors (Lipinski definition) is 1. The summed E-state index contributed by atoms with van der Waals surface area (Å²) in [5.41, 5.74) is 6.55. The van der Waals surface area contributed by atoms with E-state index in [0.29, 0.717) is 10.0 Å². The second-order valence-corrected chi connectivity index (χ2v) is 4.47. The SMILES string of the molecule is Cc1ccc(Br)c(C(=O)N(C)CC(N)=O)c1. The lowest BCUT2D eigenvalue weighted by Gasteiger charge is -2.16. The van der Waals surface area contributed by atoms with Crippen LogP contribution in [0.15, 0.2) is 22.7 Å². The summed E-state index contributed by atoms with van der Waals surface area (Å²) in [6.45, 7) is 1.82. The number of nitrogens with two attached hydrogens (primary N) is 1. The van der Waals surface area contributed by atoms with E-state index < -0.39 is 5.91 Å². The van der Waals surface area contributed by atoms with Crippen molar-refractivity contribution >= 4 is 27.7 Å². The number of carbonyl (C=O) groups excluding carboxylic acids is 2. The Labute approximate surface area is 103 Å². The van der Waals surface area contributed by atoms with E-state index in [4.69, 9.17) is 5.73 Å². The number of carbonyl (C=O) groups is 2. The van der Waals surface area contributed by atoms with Crippen molar-refractivity contribution in [1.29, 1.82) is 0 Å². The smallest absolute Gasteiger partial charge is 0.255 e. The van der Waals surface area contributed by atoms with Gasteiger partial charge in [-0.15, -0.1) is 0 Å². The molecule has 0 spiro atoms. The van der Waals surface area contributed by atoms with Crippen molar-refractivity contribution in [3.05, 3.63) is 33.8 Å². The maximum absolute atomic E-state index is 11.9. The van der Waals surface area contributed by atoms with Crippen LogP contribution in [0.1, 0.15) is 15.9 Å². The van der Waals surface area contributed by atoms with E-state index in [1.54, 1.807) is 19.2 Å². The van der Waals surface area contributed by atoms with Crippen LogP contribution >= 0.6 is 15.9 Å². The van der Waals surface area contributed by atoms with E-state index in [1.807, 2.05) is 13.0 Å². The third-order valence-corrected chi connectivity index (χ3v) is 2.78. The zero-order chi connectivity index (χ0) is 12.3. The average Bonchev–Trinajstić information content (AvgIpc) is 2.19. The third kappa shape index (κ3) is 3.06. The monoisotopic (exact) mass is 284 g/mol. The van der Waals surface area contributed by atoms with Crippen LogP contribution in [0.4, 0.5) is 0 Å². The lowest BCUT2D eigenvalue weighted by molar-refractivity contribution is -0.118. The van der Waals surface area contributed by atoms with Crippen molar-refractivity contribution in [2.75, 3.05) is 13.6 Å². The summed E-state index contributed by atoms with van der Waals surface area (Å²) in [5.74, 6) is -0.756. The van der Waals surface area contributed by atoms with Crippen LogP contribution < -0.4 is 5.73 Å². The van der Waals surface area contributed by atoms with Crippen molar-refractivity contribution < 1.29 is 9.59 Å². The van der Waals surface area contributed by atoms with Gasteiger partial charge in [0.2, 0.25) is 5.91 Å². The number of amides is 2. The number of aryl methyl sites for hydroxylation is 1. The molecule has 0 aliphatic rings. The molecule has 86 valence electrons. The Balaban J connectivity index is 2.95. The highest BCUT2D eigenvalue weighted by Crippen LogP contribution is 2.19. The molecular weight excluding hydrogens is 272 g/mol. The van der Waals surface area contributed by atoms with Crippen LogP contribution in [0.3, 0.4) is 0 Å². The standard InChI is InChI=1S/C11H13BrN2O2/c1-7-3-4-9(12)8(5-7)11(16)14(2)6-10(13)15/h3-5H,6H2,1-2H3,(H2,13,15). The van der Waals surface area contributed by atoms with Gasteiger partial charge in [-0.1, -0.05) is 11.6 Å². The first-order valence-electron chi connectivity index (χ1n) is 4.71. The topological polar surface area (TPSA) is 63.4 Å². The minimum absolute atomic E-state index is 0.0841. The molecule has 0 atom stereocenters. The molecule has 1 rings (SSSR count). The highest BCUT2D eigenvalue weighted by Gasteiger charge is 2.16. The summed E-state index contributed by atoms with van der Waals surface area (Å²) < 4.78 is 0.708. The van der Waals surface area contributed by atoms with Gasteiger partial charge < -0.3 is 10.6 Å². The van der Waals surface area contributed by atoms with Gasteiger partial charge in [-0.05, 0) is 35.0 Å². The predicted octanol–water partition coefficient (Wildman–Crippen LogP) is 1.31. The number of primary amides is 1. The minimum atomic E-state index is -0.528. The van der Waals surface area contributed by atoms with Gasteiger partial charge in [-0.25, -0.2) is 0 Å². The molecule has 0 unspecified atom stereocenters. The van der Waals surface area contributed by atoms with Crippen molar-refractivity contribution in [2.45, 2.75) is 6.92 Å². The lowest BCUT2D eigenvalue weighted by atomic mass is 10.1. The highest BCUT2D eigenvalue weighted by atomic mass is 79.9. The van der Waals surface area contributed by atoms with Gasteiger partial charge >= 0.3 is 0 Å². The van der Waals surface area contributed by atoms with Crippen LogP contribution in [0, 0.1) is 6.92 Å². The fourth-order valence-corrected chi connectivity index (χ4v) is 1.73. The Kier molecular flexibility index (Phi) is 4.06. The zero-order valence-electron chi connectivity index (χ0n) is 9.16. The molecule has 0 fully saturated rings. The molecule has 0 aliphatic heterocycles. The molecule has 1 aromatic carbocycles. The van der Waals surface area contributed by atoms with Gasteiger partial charge in [-0.2, -0.15) is 0 Å². The van der Waals surface area contributed by atoms with Crippen LogP contribution in [-0.4, -0.2) is 30.3 Å². The molecule has 1 aromatic rings. The Morgan fingerprint density at radius 1 is 1.44 bits per heavy atom. The molecule has 0 saturated carbocycles. The van der Waals surface area contributed by atoms with Crippen molar-refractivity contribution in [2.24, 2.45) is 5.73 Å². The maximum atomic E-state index is 11.9. The summed E-state index contributed by atoms with van der Waals surface area (Å²) in [6, 6.07) is 5.47. The molecule has 5 heteroatoms. The van der Waals surface area contributed by atoms with E-state index in [-0.39, 0.29) is 12.5 Å². The Morgan fingerprint density at radius 3 is 2.62 bits per heavy atom. The molecule has 2 amide bonds. The second-order valence-electron chi connectivity index (χ2n) is 3.61. The van der Waals surface area contributed by atoms with E-state index >= 15 is 0 Å². The highest BCUT2D eigenvalue weighted by molar-refractivity contribution is 9.10. The zero-order valence-corrected chi connectivity index (χ0v) is 10.7. The van der Waals surface area contributed by atoms with Gasteiger partial charge in [0.05, 0.1) is 12.1 Å². The molecule has 0 heterocycles. The summed E-state index contributed by atoms with van der Waals surface area (Å²) >= 11 is 3.30. The van der Waals surface area contributed by atoms with Crippen LogP contribution in [0.5, 0.6) is 0 Å². The van der Waals surface area contributed by atoms with Crippen LogP contribution in [0.2, 0.25) is 0 Å². The molecule has 0 aliphatic carbocycles. The van der Waals surface area contributed by atoms with Gasteiger partial charge in [-0.3, -0.25) is 9.59 Å². The Morgan fingerprint density at radius 2 is 2.06 bits per heavy atom. The van der Waals surface area contributed by atoms with Crippen molar-refractivity contribution in [1.82, 2.24) is 4.90 Å². The first-order chi connectivity index (χ1) is 7.41.